The lowest BCUT2D eigenvalue weighted by atomic mass is 10.0. The summed E-state index contributed by atoms with van der Waals surface area (Å²) in [4.78, 5) is 27.1. The van der Waals surface area contributed by atoms with Crippen LogP contribution in [0.3, 0.4) is 0 Å². The number of hydrazine groups is 1. The molecule has 1 heterocycles. The predicted molar refractivity (Wildman–Crippen MR) is 123 cm³/mol. The van der Waals surface area contributed by atoms with E-state index in [1.165, 1.54) is 11.3 Å². The van der Waals surface area contributed by atoms with Crippen molar-refractivity contribution in [2.75, 3.05) is 19.4 Å². The molecule has 6 heteroatoms. The highest BCUT2D eigenvalue weighted by Gasteiger charge is 2.26. The number of amides is 2. The highest BCUT2D eigenvalue weighted by molar-refractivity contribution is 7.17. The molecular formula is C24H27N3O2S. The molecule has 0 unspecified atom stereocenters. The smallest absolute Gasteiger partial charge is 0.268 e. The lowest BCUT2D eigenvalue weighted by Gasteiger charge is -2.14. The van der Waals surface area contributed by atoms with Crippen LogP contribution < -0.4 is 10.7 Å². The summed E-state index contributed by atoms with van der Waals surface area (Å²) in [7, 11) is 3.59. The average molecular weight is 422 g/mol. The summed E-state index contributed by atoms with van der Waals surface area (Å²) >= 11 is 1.56. The van der Waals surface area contributed by atoms with Gasteiger partial charge in [-0.1, -0.05) is 48.9 Å². The van der Waals surface area contributed by atoms with E-state index in [1.54, 1.807) is 30.4 Å². The molecule has 1 aliphatic rings. The Kier molecular flexibility index (Phi) is 6.16. The summed E-state index contributed by atoms with van der Waals surface area (Å²) in [6, 6.07) is 14.1. The predicted octanol–water partition coefficient (Wildman–Crippen LogP) is 4.56. The Labute approximate surface area is 181 Å². The van der Waals surface area contributed by atoms with Crippen molar-refractivity contribution in [1.82, 2.24) is 10.4 Å². The number of benzene rings is 2. The Morgan fingerprint density at radius 1 is 1.00 bits per heavy atom. The molecule has 0 saturated carbocycles. The van der Waals surface area contributed by atoms with Crippen molar-refractivity contribution in [2.24, 2.45) is 0 Å². The second-order valence-electron chi connectivity index (χ2n) is 7.97. The van der Waals surface area contributed by atoms with Crippen molar-refractivity contribution in [3.63, 3.8) is 0 Å². The fourth-order valence-corrected chi connectivity index (χ4v) is 5.42. The third-order valence-corrected chi connectivity index (χ3v) is 6.66. The number of nitrogens with one attached hydrogen (secondary N) is 2. The van der Waals surface area contributed by atoms with Crippen LogP contribution in [-0.4, -0.2) is 30.9 Å². The van der Waals surface area contributed by atoms with Gasteiger partial charge in [0.1, 0.15) is 5.00 Å². The third kappa shape index (κ3) is 4.40. The van der Waals surface area contributed by atoms with Crippen LogP contribution in [0.15, 0.2) is 42.5 Å². The lowest BCUT2D eigenvalue weighted by Crippen LogP contribution is -2.36. The van der Waals surface area contributed by atoms with Crippen LogP contribution in [0.1, 0.15) is 45.6 Å². The topological polar surface area (TPSA) is 61.4 Å². The van der Waals surface area contributed by atoms with Gasteiger partial charge in [-0.3, -0.25) is 15.0 Å². The molecule has 0 fully saturated rings. The highest BCUT2D eigenvalue weighted by Crippen LogP contribution is 2.37. The number of carbonyl (C=O) groups excluding carboxylic acids is 2. The molecule has 0 spiro atoms. The Balaban J connectivity index is 1.61. The number of thiophene rings is 1. The normalized spacial score (nSPS) is 13.7. The van der Waals surface area contributed by atoms with E-state index in [-0.39, 0.29) is 18.2 Å². The monoisotopic (exact) mass is 421 g/mol. The molecular weight excluding hydrogens is 394 g/mol. The molecule has 30 heavy (non-hydrogen) atoms. The molecule has 2 aromatic carbocycles. The number of hydrogen-bond donors (Lipinski definition) is 2. The summed E-state index contributed by atoms with van der Waals surface area (Å²) in [5.74, 6) is -0.249. The quantitative estimate of drug-likeness (QED) is 0.469. The van der Waals surface area contributed by atoms with E-state index in [2.05, 4.69) is 22.9 Å². The third-order valence-electron chi connectivity index (χ3n) is 5.46. The molecule has 5 nitrogen and oxygen atoms in total. The van der Waals surface area contributed by atoms with E-state index in [0.29, 0.717) is 10.6 Å². The zero-order valence-electron chi connectivity index (χ0n) is 17.5. The van der Waals surface area contributed by atoms with E-state index < -0.39 is 0 Å². The molecule has 2 amide bonds. The fraction of sp³-hybridized carbons (Fsp3) is 0.333. The maximum absolute atomic E-state index is 13.0. The average Bonchev–Trinajstić information content (AvgIpc) is 2.88. The first kappa shape index (κ1) is 20.6. The van der Waals surface area contributed by atoms with Gasteiger partial charge in [0.2, 0.25) is 5.91 Å². The molecule has 0 aliphatic heterocycles. The maximum Gasteiger partial charge on any atom is 0.268 e. The second kappa shape index (κ2) is 8.98. The molecule has 0 saturated heterocycles. The van der Waals surface area contributed by atoms with Crippen LogP contribution in [-0.2, 0) is 24.1 Å². The summed E-state index contributed by atoms with van der Waals surface area (Å²) in [6.07, 6.45) is 5.53. The van der Waals surface area contributed by atoms with Gasteiger partial charge < -0.3 is 5.32 Å². The highest BCUT2D eigenvalue weighted by atomic mass is 32.1. The van der Waals surface area contributed by atoms with E-state index in [1.807, 2.05) is 30.3 Å². The molecule has 0 radical (unpaired) electrons. The molecule has 0 bridgehead atoms. The van der Waals surface area contributed by atoms with Crippen molar-refractivity contribution < 1.29 is 9.59 Å². The van der Waals surface area contributed by atoms with Gasteiger partial charge in [0, 0.05) is 19.0 Å². The number of hydrogen-bond acceptors (Lipinski definition) is 4. The lowest BCUT2D eigenvalue weighted by molar-refractivity contribution is -0.115. The van der Waals surface area contributed by atoms with E-state index in [9.17, 15) is 9.59 Å². The Hall–Kier alpha value is -2.70. The van der Waals surface area contributed by atoms with Gasteiger partial charge in [0.25, 0.3) is 5.91 Å². The van der Waals surface area contributed by atoms with Gasteiger partial charge >= 0.3 is 0 Å². The van der Waals surface area contributed by atoms with E-state index in [4.69, 9.17) is 0 Å². The summed E-state index contributed by atoms with van der Waals surface area (Å²) in [6.45, 7) is 0. The Bertz CT molecular complexity index is 1080. The zero-order valence-corrected chi connectivity index (χ0v) is 18.3. The molecule has 1 aliphatic carbocycles. The minimum absolute atomic E-state index is 0.0957. The number of aryl methyl sites for hydroxylation is 1. The Morgan fingerprint density at radius 2 is 1.77 bits per heavy atom. The van der Waals surface area contributed by atoms with Crippen LogP contribution in [0, 0.1) is 0 Å². The first-order valence-electron chi connectivity index (χ1n) is 10.4. The van der Waals surface area contributed by atoms with Gasteiger partial charge in [-0.2, -0.15) is 0 Å². The largest absolute Gasteiger partial charge is 0.317 e. The second-order valence-corrected chi connectivity index (χ2v) is 9.07. The number of anilines is 1. The molecule has 3 aromatic rings. The van der Waals surface area contributed by atoms with Crippen LogP contribution in [0.4, 0.5) is 5.00 Å². The number of nitrogens with zero attached hydrogens (tertiary/aromatic N) is 1. The zero-order chi connectivity index (χ0) is 21.1. The first-order chi connectivity index (χ1) is 14.5. The van der Waals surface area contributed by atoms with Gasteiger partial charge in [0.15, 0.2) is 0 Å². The van der Waals surface area contributed by atoms with Crippen LogP contribution >= 0.6 is 11.3 Å². The van der Waals surface area contributed by atoms with Crippen molar-refractivity contribution in [3.8, 4) is 0 Å². The minimum atomic E-state index is -0.153. The molecule has 0 atom stereocenters. The number of carbonyl (C=O) groups is 2. The number of rotatable bonds is 5. The van der Waals surface area contributed by atoms with Crippen LogP contribution in [0.25, 0.3) is 10.8 Å². The standard InChI is InChI=1S/C24H27N3O2S/c1-27(2)26-23(29)22-19-13-4-3-5-14-20(19)30-24(22)25-21(28)15-17-11-8-10-16-9-6-7-12-18(16)17/h6-12H,3-5,13-15H2,1-2H3,(H,25,28)(H,26,29). The molecule has 156 valence electrons. The fourth-order valence-electron chi connectivity index (χ4n) is 4.12. The molecule has 4 rings (SSSR count). The van der Waals surface area contributed by atoms with Crippen molar-refractivity contribution in [1.29, 1.82) is 0 Å². The number of fused-ring (bicyclic) bond motifs is 2. The summed E-state index contributed by atoms with van der Waals surface area (Å²) in [5.41, 5.74) is 5.59. The maximum atomic E-state index is 13.0. The van der Waals surface area contributed by atoms with Gasteiger partial charge in [-0.05, 0) is 47.6 Å². The van der Waals surface area contributed by atoms with E-state index >= 15 is 0 Å². The summed E-state index contributed by atoms with van der Waals surface area (Å²) < 4.78 is 0. The minimum Gasteiger partial charge on any atom is -0.317 e. The van der Waals surface area contributed by atoms with Crippen molar-refractivity contribution >= 4 is 38.9 Å². The van der Waals surface area contributed by atoms with Crippen LogP contribution in [0.2, 0.25) is 0 Å². The SMILES string of the molecule is CN(C)NC(=O)c1c(NC(=O)Cc2cccc3ccccc23)sc2c1CCCCC2. The van der Waals surface area contributed by atoms with Gasteiger partial charge in [-0.25, -0.2) is 5.01 Å². The van der Waals surface area contributed by atoms with Gasteiger partial charge in [-0.15, -0.1) is 11.3 Å². The molecule has 1 aromatic heterocycles. The summed E-state index contributed by atoms with van der Waals surface area (Å²) in [5, 5.41) is 7.58. The van der Waals surface area contributed by atoms with Crippen LogP contribution in [0.5, 0.6) is 0 Å². The van der Waals surface area contributed by atoms with Crippen molar-refractivity contribution in [3.05, 3.63) is 64.0 Å². The molecule has 2 N–H and O–H groups in total. The van der Waals surface area contributed by atoms with Gasteiger partial charge in [0.05, 0.1) is 12.0 Å². The van der Waals surface area contributed by atoms with Crippen molar-refractivity contribution in [2.45, 2.75) is 38.5 Å². The van der Waals surface area contributed by atoms with E-state index in [0.717, 1.165) is 47.6 Å². The Morgan fingerprint density at radius 3 is 2.60 bits per heavy atom. The first-order valence-corrected chi connectivity index (χ1v) is 11.2.